The minimum Gasteiger partial charge on any atom is -0.493 e. The zero-order valence-corrected chi connectivity index (χ0v) is 26.1. The average molecular weight is 721 g/mol. The Bertz CT molecular complexity index is 1290. The van der Waals surface area contributed by atoms with E-state index in [0.29, 0.717) is 37.6 Å². The Balaban J connectivity index is 2.05. The number of ether oxygens (including phenoxy) is 3. The highest BCUT2D eigenvalue weighted by Crippen LogP contribution is 2.37. The van der Waals surface area contributed by atoms with E-state index in [0.717, 1.165) is 0 Å². The number of hydrogen-bond donors (Lipinski definition) is 3. The molecule has 3 unspecified atom stereocenters. The number of aliphatic hydroxyl groups is 2. The molecule has 0 saturated heterocycles. The van der Waals surface area contributed by atoms with Gasteiger partial charge < -0.3 is 34.6 Å². The Morgan fingerprint density at radius 2 is 1.98 bits per heavy atom. The van der Waals surface area contributed by atoms with Gasteiger partial charge in [-0.05, 0) is 65.4 Å². The minimum atomic E-state index is -1.29. The fourth-order valence-corrected chi connectivity index (χ4v) is 5.41. The third kappa shape index (κ3) is 8.55. The first-order chi connectivity index (χ1) is 19.6. The Morgan fingerprint density at radius 3 is 2.61 bits per heavy atom. The molecule has 10 nitrogen and oxygen atoms in total. The van der Waals surface area contributed by atoms with Crippen LogP contribution in [0.1, 0.15) is 29.3 Å². The highest BCUT2D eigenvalue weighted by atomic mass is 127. The zero-order chi connectivity index (χ0) is 30.1. The summed E-state index contributed by atoms with van der Waals surface area (Å²) >= 11 is 14.3. The van der Waals surface area contributed by atoms with E-state index < -0.39 is 30.1 Å². The van der Waals surface area contributed by atoms with Crippen molar-refractivity contribution in [1.29, 1.82) is 0 Å². The van der Waals surface area contributed by atoms with Crippen LogP contribution in [0.3, 0.4) is 0 Å². The molecule has 1 aliphatic carbocycles. The minimum absolute atomic E-state index is 0.00418. The van der Waals surface area contributed by atoms with Crippen LogP contribution in [0.5, 0.6) is 11.5 Å². The summed E-state index contributed by atoms with van der Waals surface area (Å²) in [4.78, 5) is 39.2. The zero-order valence-electron chi connectivity index (χ0n) is 22.4. The molecule has 3 atom stereocenters. The lowest BCUT2D eigenvalue weighted by atomic mass is 9.87. The van der Waals surface area contributed by atoms with Gasteiger partial charge in [-0.15, -0.1) is 0 Å². The summed E-state index contributed by atoms with van der Waals surface area (Å²) in [6.07, 6.45) is -0.223. The van der Waals surface area contributed by atoms with E-state index in [1.54, 1.807) is 31.2 Å². The lowest BCUT2D eigenvalue weighted by Gasteiger charge is -2.40. The maximum Gasteiger partial charge on any atom is 0.249 e. The number of aliphatic hydroxyl groups excluding tert-OH is 2. The van der Waals surface area contributed by atoms with Gasteiger partial charge in [0.15, 0.2) is 11.5 Å². The predicted octanol–water partition coefficient (Wildman–Crippen LogP) is 3.40. The average Bonchev–Trinajstić information content (AvgIpc) is 2.96. The molecule has 222 valence electrons. The molecule has 3 rings (SSSR count). The molecule has 0 saturated carbocycles. The maximum absolute atomic E-state index is 13.4. The van der Waals surface area contributed by atoms with Gasteiger partial charge in [-0.3, -0.25) is 14.4 Å². The highest BCUT2D eigenvalue weighted by molar-refractivity contribution is 14.1. The van der Waals surface area contributed by atoms with Crippen LogP contribution in [-0.4, -0.2) is 84.9 Å². The normalized spacial score (nSPS) is 18.3. The summed E-state index contributed by atoms with van der Waals surface area (Å²) in [5.41, 5.74) is 1.27. The summed E-state index contributed by atoms with van der Waals surface area (Å²) in [6.45, 7) is 1.60. The third-order valence-corrected chi connectivity index (χ3v) is 7.88. The largest absolute Gasteiger partial charge is 0.493 e. The number of nitrogens with zero attached hydrogens (tertiary/aromatic N) is 1. The summed E-state index contributed by atoms with van der Waals surface area (Å²) < 4.78 is 17.6. The molecule has 0 spiro atoms. The molecule has 2 aromatic rings. The fourth-order valence-electron chi connectivity index (χ4n) is 4.34. The van der Waals surface area contributed by atoms with Crippen molar-refractivity contribution >= 4 is 63.9 Å². The first-order valence-corrected chi connectivity index (χ1v) is 14.5. The number of carbonyl (C=O) groups is 3. The van der Waals surface area contributed by atoms with Crippen LogP contribution in [-0.2, 0) is 20.9 Å². The van der Waals surface area contributed by atoms with Crippen molar-refractivity contribution in [1.82, 2.24) is 10.2 Å². The number of benzene rings is 2. The lowest BCUT2D eigenvalue weighted by molar-refractivity contribution is -0.144. The molecule has 3 N–H and O–H groups in total. The van der Waals surface area contributed by atoms with Gasteiger partial charge in [0.25, 0.3) is 0 Å². The molecule has 2 aromatic carbocycles. The quantitative estimate of drug-likeness (QED) is 0.212. The number of hydrogen-bond acceptors (Lipinski definition) is 8. The van der Waals surface area contributed by atoms with Crippen LogP contribution < -0.4 is 14.8 Å². The molecule has 2 amide bonds. The maximum atomic E-state index is 13.4. The van der Waals surface area contributed by atoms with Crippen LogP contribution in [0.25, 0.3) is 0 Å². The number of amides is 2. The highest BCUT2D eigenvalue weighted by Gasteiger charge is 2.41. The Morgan fingerprint density at radius 1 is 1.22 bits per heavy atom. The van der Waals surface area contributed by atoms with Gasteiger partial charge in [0.05, 0.1) is 33.4 Å². The Kier molecular flexibility index (Phi) is 12.7. The van der Waals surface area contributed by atoms with Crippen LogP contribution in [0, 0.1) is 3.57 Å². The molecule has 0 aromatic heterocycles. The number of methoxy groups -OCH3 is 1. The second-order valence-electron chi connectivity index (χ2n) is 9.08. The monoisotopic (exact) mass is 720 g/mol. The molecular weight excluding hydrogens is 690 g/mol. The van der Waals surface area contributed by atoms with Gasteiger partial charge in [-0.25, -0.2) is 0 Å². The predicted molar refractivity (Wildman–Crippen MR) is 162 cm³/mol. The lowest BCUT2D eigenvalue weighted by Crippen LogP contribution is -2.55. The number of rotatable bonds is 13. The van der Waals surface area contributed by atoms with E-state index >= 15 is 0 Å². The van der Waals surface area contributed by atoms with Crippen molar-refractivity contribution in [2.75, 3.05) is 33.5 Å². The summed E-state index contributed by atoms with van der Waals surface area (Å²) in [7, 11) is 1.42. The molecule has 13 heteroatoms. The third-order valence-electron chi connectivity index (χ3n) is 6.34. The molecule has 0 aliphatic heterocycles. The smallest absolute Gasteiger partial charge is 0.249 e. The van der Waals surface area contributed by atoms with Gasteiger partial charge in [0.1, 0.15) is 25.1 Å². The summed E-state index contributed by atoms with van der Waals surface area (Å²) in [5.74, 6) is -0.381. The van der Waals surface area contributed by atoms with Crippen molar-refractivity contribution < 1.29 is 38.8 Å². The summed E-state index contributed by atoms with van der Waals surface area (Å²) in [5, 5.41) is 24.1. The van der Waals surface area contributed by atoms with Crippen LogP contribution in [0.4, 0.5) is 0 Å². The van der Waals surface area contributed by atoms with Gasteiger partial charge >= 0.3 is 0 Å². The molecule has 0 radical (unpaired) electrons. The Hall–Kier alpha value is -2.42. The fraction of sp³-hybridized carbons (Fsp3) is 0.393. The number of halogens is 3. The molecule has 1 aliphatic rings. The number of carbonyl (C=O) groups excluding carboxylic acids is 3. The van der Waals surface area contributed by atoms with Crippen molar-refractivity contribution in [2.24, 2.45) is 0 Å². The van der Waals surface area contributed by atoms with Crippen LogP contribution >= 0.6 is 45.8 Å². The van der Waals surface area contributed by atoms with Gasteiger partial charge in [-0.1, -0.05) is 29.3 Å². The molecular formula is C28H31Cl2IN2O8. The second-order valence-corrected chi connectivity index (χ2v) is 11.1. The van der Waals surface area contributed by atoms with Gasteiger partial charge in [0, 0.05) is 37.3 Å². The van der Waals surface area contributed by atoms with E-state index in [4.69, 9.17) is 37.4 Å². The first-order valence-electron chi connectivity index (χ1n) is 12.7. The van der Waals surface area contributed by atoms with Crippen molar-refractivity contribution in [3.8, 4) is 11.5 Å². The standard InChI is InChI=1S/C28H31Cl2IN2O8/c1-3-40-15-25(36)33(13-16-4-5-19(29)20(30)8-16)22-11-18(28(38)32-6-7-34)12-23(26(22)37)41-27-21(31)9-17(14-35)10-24(27)39-2/h4-5,8-10,12,14,22-23,26,34,37H,3,6-7,11,13,15H2,1-2H3,(H,32,38). The molecule has 0 fully saturated rings. The first kappa shape index (κ1) is 33.1. The van der Waals surface area contributed by atoms with Gasteiger partial charge in [-0.2, -0.15) is 0 Å². The van der Waals surface area contributed by atoms with Crippen molar-refractivity contribution in [3.05, 3.63) is 66.7 Å². The SMILES string of the molecule is CCOCC(=O)N(Cc1ccc(Cl)c(Cl)c1)C1CC(C(=O)NCCO)=CC(Oc2c(I)cc(C=O)cc2OC)C1O. The van der Waals surface area contributed by atoms with Crippen molar-refractivity contribution in [3.63, 3.8) is 0 Å². The van der Waals surface area contributed by atoms with E-state index in [2.05, 4.69) is 5.32 Å². The van der Waals surface area contributed by atoms with Crippen LogP contribution in [0.2, 0.25) is 10.0 Å². The van der Waals surface area contributed by atoms with E-state index in [1.165, 1.54) is 24.2 Å². The molecule has 0 bridgehead atoms. The summed E-state index contributed by atoms with van der Waals surface area (Å²) in [6, 6.07) is 7.13. The molecule has 0 heterocycles. The van der Waals surface area contributed by atoms with E-state index in [-0.39, 0.29) is 49.8 Å². The topological polar surface area (TPSA) is 135 Å². The number of aldehydes is 1. The van der Waals surface area contributed by atoms with Gasteiger partial charge in [0.2, 0.25) is 11.8 Å². The second kappa shape index (κ2) is 15.7. The van der Waals surface area contributed by atoms with E-state index in [9.17, 15) is 24.6 Å². The Labute approximate surface area is 261 Å². The van der Waals surface area contributed by atoms with E-state index in [1.807, 2.05) is 22.6 Å². The van der Waals surface area contributed by atoms with Crippen molar-refractivity contribution in [2.45, 2.75) is 38.1 Å². The molecule has 41 heavy (non-hydrogen) atoms. The number of nitrogens with one attached hydrogen (secondary N) is 1. The van der Waals surface area contributed by atoms with Crippen LogP contribution in [0.15, 0.2) is 42.0 Å².